The lowest BCUT2D eigenvalue weighted by molar-refractivity contribution is -0.117. The lowest BCUT2D eigenvalue weighted by Crippen LogP contribution is -2.05. The summed E-state index contributed by atoms with van der Waals surface area (Å²) in [6, 6.07) is 19.3. The van der Waals surface area contributed by atoms with Crippen molar-refractivity contribution in [3.05, 3.63) is 95.4 Å². The highest BCUT2D eigenvalue weighted by Crippen LogP contribution is 2.38. The molecule has 0 aliphatic rings. The molecule has 0 radical (unpaired) electrons. The molecule has 0 spiro atoms. The Balaban J connectivity index is 1.39. The number of ether oxygens (including phenoxy) is 1. The van der Waals surface area contributed by atoms with E-state index in [9.17, 15) is 4.79 Å². The first-order valence-corrected chi connectivity index (χ1v) is 11.4. The zero-order chi connectivity index (χ0) is 22.6. The van der Waals surface area contributed by atoms with Crippen LogP contribution < -0.4 is 10.5 Å². The van der Waals surface area contributed by atoms with Gasteiger partial charge in [0.2, 0.25) is 0 Å². The first-order chi connectivity index (χ1) is 16.2. The number of rotatable bonds is 8. The van der Waals surface area contributed by atoms with Gasteiger partial charge in [-0.05, 0) is 29.3 Å². The summed E-state index contributed by atoms with van der Waals surface area (Å²) in [6.07, 6.45) is 6.16. The molecule has 2 aromatic carbocycles. The number of benzene rings is 2. The number of H-pyrrole nitrogens is 1. The third kappa shape index (κ3) is 4.69. The number of hydrogen-bond acceptors (Lipinski definition) is 6. The number of aromatic amines is 1. The number of nitrogens with zero attached hydrogens (tertiary/aromatic N) is 2. The van der Waals surface area contributed by atoms with Crippen LogP contribution in [0, 0.1) is 0 Å². The highest BCUT2D eigenvalue weighted by molar-refractivity contribution is 7.15. The summed E-state index contributed by atoms with van der Waals surface area (Å²) in [5, 5.41) is 1.68. The highest BCUT2D eigenvalue weighted by atomic mass is 32.1. The van der Waals surface area contributed by atoms with Gasteiger partial charge in [-0.2, -0.15) is 0 Å². The maximum atomic E-state index is 12.5. The van der Waals surface area contributed by atoms with Crippen LogP contribution in [0.25, 0.3) is 21.5 Å². The number of pyridine rings is 1. The van der Waals surface area contributed by atoms with E-state index in [4.69, 9.17) is 10.5 Å². The van der Waals surface area contributed by atoms with E-state index in [1.165, 1.54) is 11.3 Å². The van der Waals surface area contributed by atoms with Gasteiger partial charge in [0.15, 0.2) is 0 Å². The Morgan fingerprint density at radius 3 is 2.58 bits per heavy atom. The van der Waals surface area contributed by atoms with E-state index in [0.29, 0.717) is 25.1 Å². The second kappa shape index (κ2) is 9.36. The van der Waals surface area contributed by atoms with Crippen LogP contribution in [0.1, 0.15) is 16.1 Å². The van der Waals surface area contributed by atoms with Crippen molar-refractivity contribution in [2.45, 2.75) is 19.4 Å². The lowest BCUT2D eigenvalue weighted by Gasteiger charge is -2.08. The minimum atomic E-state index is 0.146. The predicted octanol–water partition coefficient (Wildman–Crippen LogP) is 5.29. The molecule has 0 aliphatic heterocycles. The number of carbonyl (C=O) groups is 1. The number of carbonyl (C=O) groups excluding carboxylic acids is 1. The second-order valence-electron chi connectivity index (χ2n) is 7.68. The highest BCUT2D eigenvalue weighted by Gasteiger charge is 2.16. The Labute approximate surface area is 195 Å². The molecule has 5 aromatic rings. The van der Waals surface area contributed by atoms with Crippen LogP contribution in [0.15, 0.2) is 79.3 Å². The normalized spacial score (nSPS) is 11.1. The van der Waals surface area contributed by atoms with E-state index in [1.54, 1.807) is 6.20 Å². The number of Topliss-reactive ketones (excluding diaryl/α,β-unsaturated/α-hetero) is 1. The number of aromatic nitrogens is 3. The minimum absolute atomic E-state index is 0.146. The number of thiazole rings is 1. The number of fused-ring (bicyclic) bond motifs is 1. The summed E-state index contributed by atoms with van der Waals surface area (Å²) in [4.78, 5) is 25.6. The zero-order valence-corrected chi connectivity index (χ0v) is 18.6. The summed E-state index contributed by atoms with van der Waals surface area (Å²) >= 11 is 1.52. The summed E-state index contributed by atoms with van der Waals surface area (Å²) < 4.78 is 6.18. The average Bonchev–Trinajstić information content (AvgIpc) is 3.47. The molecule has 5 rings (SSSR count). The van der Waals surface area contributed by atoms with Gasteiger partial charge in [0.25, 0.3) is 0 Å². The van der Waals surface area contributed by atoms with Gasteiger partial charge in [-0.3, -0.25) is 4.79 Å². The Hall–Kier alpha value is -3.81. The Morgan fingerprint density at radius 1 is 0.970 bits per heavy atom. The topological polar surface area (TPSA) is 93.9 Å². The predicted molar refractivity (Wildman–Crippen MR) is 130 cm³/mol. The van der Waals surface area contributed by atoms with Gasteiger partial charge in [-0.25, -0.2) is 9.97 Å². The molecule has 3 N–H and O–H groups in total. The molecule has 0 fully saturated rings. The van der Waals surface area contributed by atoms with Crippen LogP contribution in [-0.4, -0.2) is 20.7 Å². The fourth-order valence-electron chi connectivity index (χ4n) is 3.70. The fraction of sp³-hybridized carbons (Fsp3) is 0.115. The number of nitrogens with two attached hydrogens (primary N) is 1. The van der Waals surface area contributed by atoms with Gasteiger partial charge < -0.3 is 15.5 Å². The summed E-state index contributed by atoms with van der Waals surface area (Å²) in [5.74, 6) is 1.57. The van der Waals surface area contributed by atoms with Crippen LogP contribution in [0.2, 0.25) is 0 Å². The van der Waals surface area contributed by atoms with E-state index in [-0.39, 0.29) is 5.78 Å². The Kier molecular flexibility index (Phi) is 5.97. The van der Waals surface area contributed by atoms with Crippen LogP contribution in [0.5, 0.6) is 11.5 Å². The Bertz CT molecular complexity index is 1390. The van der Waals surface area contributed by atoms with Crippen molar-refractivity contribution in [3.63, 3.8) is 0 Å². The maximum Gasteiger partial charge on any atom is 0.144 e. The molecule has 6 nitrogen and oxygen atoms in total. The molecule has 0 saturated heterocycles. The van der Waals surface area contributed by atoms with E-state index >= 15 is 0 Å². The van der Waals surface area contributed by atoms with Gasteiger partial charge in [-0.15, -0.1) is 11.3 Å². The van der Waals surface area contributed by atoms with Crippen LogP contribution in [0.3, 0.4) is 0 Å². The molecule has 0 saturated carbocycles. The molecule has 7 heteroatoms. The van der Waals surface area contributed by atoms with Crippen LogP contribution in [-0.2, 0) is 24.2 Å². The van der Waals surface area contributed by atoms with Gasteiger partial charge >= 0.3 is 0 Å². The third-order valence-corrected chi connectivity index (χ3v) is 6.36. The average molecular weight is 455 g/mol. The lowest BCUT2D eigenvalue weighted by atomic mass is 10.1. The minimum Gasteiger partial charge on any atom is -0.457 e. The molecule has 0 atom stereocenters. The molecule has 3 aromatic heterocycles. The van der Waals surface area contributed by atoms with E-state index in [0.717, 1.165) is 43.4 Å². The van der Waals surface area contributed by atoms with Crippen LogP contribution >= 0.6 is 11.3 Å². The third-order valence-electron chi connectivity index (χ3n) is 5.33. The standard InChI is InChI=1S/C26H22N4O2S/c27-14-18-6-8-20(9-7-18)32-22-10-11-28-26-25(22)21(15-30-26)23-16-29-24(33-23)13-19(31)12-17-4-2-1-3-5-17/h1-11,15-16H,12-14,27H2,(H,28,30). The summed E-state index contributed by atoms with van der Waals surface area (Å²) in [5.41, 5.74) is 9.43. The van der Waals surface area contributed by atoms with Crippen molar-refractivity contribution in [2.24, 2.45) is 5.73 Å². The van der Waals surface area contributed by atoms with E-state index in [1.807, 2.05) is 73.1 Å². The van der Waals surface area contributed by atoms with Gasteiger partial charge in [0.05, 0.1) is 16.7 Å². The van der Waals surface area contributed by atoms with Crippen molar-refractivity contribution >= 4 is 28.2 Å². The van der Waals surface area contributed by atoms with Crippen molar-refractivity contribution < 1.29 is 9.53 Å². The SMILES string of the molecule is NCc1ccc(Oc2ccnc3[nH]cc(-c4cnc(CC(=O)Cc5ccccc5)s4)c23)cc1. The van der Waals surface area contributed by atoms with Gasteiger partial charge in [-0.1, -0.05) is 42.5 Å². The molecule has 0 unspecified atom stereocenters. The number of nitrogens with one attached hydrogen (secondary N) is 1. The van der Waals surface area contributed by atoms with E-state index in [2.05, 4.69) is 15.0 Å². The molecule has 33 heavy (non-hydrogen) atoms. The Morgan fingerprint density at radius 2 is 1.79 bits per heavy atom. The van der Waals surface area contributed by atoms with Crippen molar-refractivity contribution in [1.29, 1.82) is 0 Å². The number of ketones is 1. The maximum absolute atomic E-state index is 12.5. The molecule has 0 aliphatic carbocycles. The zero-order valence-electron chi connectivity index (χ0n) is 17.8. The molecule has 164 valence electrons. The smallest absolute Gasteiger partial charge is 0.144 e. The van der Waals surface area contributed by atoms with Crippen molar-refractivity contribution in [2.75, 3.05) is 0 Å². The number of hydrogen-bond donors (Lipinski definition) is 2. The fourth-order valence-corrected chi connectivity index (χ4v) is 4.67. The van der Waals surface area contributed by atoms with E-state index < -0.39 is 0 Å². The van der Waals surface area contributed by atoms with Crippen LogP contribution in [0.4, 0.5) is 0 Å². The largest absolute Gasteiger partial charge is 0.457 e. The first kappa shape index (κ1) is 21.1. The van der Waals surface area contributed by atoms with Gasteiger partial charge in [0.1, 0.15) is 27.9 Å². The molecular formula is C26H22N4O2S. The van der Waals surface area contributed by atoms with Crippen molar-refractivity contribution in [3.8, 4) is 21.9 Å². The molecule has 0 bridgehead atoms. The second-order valence-corrected chi connectivity index (χ2v) is 8.80. The summed E-state index contributed by atoms with van der Waals surface area (Å²) in [7, 11) is 0. The van der Waals surface area contributed by atoms with Gasteiger partial charge in [0, 0.05) is 37.1 Å². The monoisotopic (exact) mass is 454 g/mol. The molecular weight excluding hydrogens is 432 g/mol. The molecule has 0 amide bonds. The van der Waals surface area contributed by atoms with Crippen molar-refractivity contribution in [1.82, 2.24) is 15.0 Å². The first-order valence-electron chi connectivity index (χ1n) is 10.6. The molecule has 3 heterocycles. The summed E-state index contributed by atoms with van der Waals surface area (Å²) in [6.45, 7) is 0.489. The quantitative estimate of drug-likeness (QED) is 0.332.